The molecule has 20 heavy (non-hydrogen) atoms. The zero-order valence-corrected chi connectivity index (χ0v) is 15.0. The van der Waals surface area contributed by atoms with E-state index >= 15 is 0 Å². The fraction of sp³-hybridized carbons (Fsp3) is 0.562. The van der Waals surface area contributed by atoms with Crippen LogP contribution < -0.4 is 10.6 Å². The van der Waals surface area contributed by atoms with Crippen molar-refractivity contribution in [3.8, 4) is 0 Å². The molecule has 1 aromatic carbocycles. The molecule has 1 aliphatic carbocycles. The van der Waals surface area contributed by atoms with Crippen LogP contribution in [-0.4, -0.2) is 25.1 Å². The van der Waals surface area contributed by atoms with Crippen LogP contribution in [0.4, 0.5) is 0 Å². The first-order chi connectivity index (χ1) is 9.19. The van der Waals surface area contributed by atoms with Crippen LogP contribution in [0.25, 0.3) is 0 Å². The lowest BCUT2D eigenvalue weighted by atomic mass is 10.1. The second-order valence-electron chi connectivity index (χ2n) is 5.46. The summed E-state index contributed by atoms with van der Waals surface area (Å²) in [6.07, 6.45) is 2.26. The number of benzene rings is 1. The number of hydrogen-bond donors (Lipinski definition) is 2. The van der Waals surface area contributed by atoms with Gasteiger partial charge in [-0.15, -0.1) is 24.0 Å². The van der Waals surface area contributed by atoms with Crippen LogP contribution in [0.5, 0.6) is 0 Å². The highest BCUT2D eigenvalue weighted by Crippen LogP contribution is 2.28. The topological polar surface area (TPSA) is 36.4 Å². The summed E-state index contributed by atoms with van der Waals surface area (Å²) in [5.41, 5.74) is 2.66. The summed E-state index contributed by atoms with van der Waals surface area (Å²) in [6.45, 7) is 8.24. The van der Waals surface area contributed by atoms with Crippen molar-refractivity contribution in [1.82, 2.24) is 10.6 Å². The number of aryl methyl sites for hydroxylation is 1. The number of rotatable bonds is 5. The standard InChI is InChI=1S/C16H25N3.HI/c1-4-17-16(19-15-11-13(15)3)18-10-9-14-7-5-12(2)6-8-14;/h5-8,13,15H,4,9-11H2,1-3H3,(H2,17,18,19);1H. The van der Waals surface area contributed by atoms with Gasteiger partial charge in [-0.2, -0.15) is 0 Å². The van der Waals surface area contributed by atoms with Crippen LogP contribution >= 0.6 is 24.0 Å². The van der Waals surface area contributed by atoms with Crippen LogP contribution in [0.2, 0.25) is 0 Å². The minimum absolute atomic E-state index is 0. The molecular weight excluding hydrogens is 361 g/mol. The van der Waals surface area contributed by atoms with E-state index in [9.17, 15) is 0 Å². The van der Waals surface area contributed by atoms with Gasteiger partial charge in [0.1, 0.15) is 0 Å². The molecule has 0 amide bonds. The average Bonchev–Trinajstić information content (AvgIpc) is 3.07. The third kappa shape index (κ3) is 5.69. The van der Waals surface area contributed by atoms with E-state index in [1.807, 2.05) is 0 Å². The normalized spacial score (nSPS) is 21.1. The zero-order valence-electron chi connectivity index (χ0n) is 12.6. The molecule has 0 radical (unpaired) electrons. The van der Waals surface area contributed by atoms with E-state index in [1.165, 1.54) is 17.5 Å². The smallest absolute Gasteiger partial charge is 0.191 e. The van der Waals surface area contributed by atoms with Gasteiger partial charge in [0.05, 0.1) is 0 Å². The minimum atomic E-state index is 0. The number of nitrogens with zero attached hydrogens (tertiary/aromatic N) is 1. The molecule has 0 spiro atoms. The molecule has 1 fully saturated rings. The highest BCUT2D eigenvalue weighted by molar-refractivity contribution is 14.0. The van der Waals surface area contributed by atoms with E-state index in [0.717, 1.165) is 31.4 Å². The van der Waals surface area contributed by atoms with E-state index in [2.05, 4.69) is 60.7 Å². The van der Waals surface area contributed by atoms with E-state index in [1.54, 1.807) is 0 Å². The van der Waals surface area contributed by atoms with Crippen molar-refractivity contribution >= 4 is 29.9 Å². The third-order valence-corrected chi connectivity index (χ3v) is 3.57. The van der Waals surface area contributed by atoms with E-state index in [-0.39, 0.29) is 24.0 Å². The second kappa shape index (κ2) is 8.49. The van der Waals surface area contributed by atoms with Crippen LogP contribution in [0.15, 0.2) is 29.3 Å². The van der Waals surface area contributed by atoms with Gasteiger partial charge in [-0.05, 0) is 38.2 Å². The van der Waals surface area contributed by atoms with Gasteiger partial charge in [-0.25, -0.2) is 0 Å². The highest BCUT2D eigenvalue weighted by atomic mass is 127. The minimum Gasteiger partial charge on any atom is -0.357 e. The van der Waals surface area contributed by atoms with Gasteiger partial charge in [0.25, 0.3) is 0 Å². The molecule has 1 saturated carbocycles. The Bertz CT molecular complexity index is 428. The molecule has 112 valence electrons. The molecule has 0 heterocycles. The number of halogens is 1. The first-order valence-corrected chi connectivity index (χ1v) is 7.29. The lowest BCUT2D eigenvalue weighted by Gasteiger charge is -2.10. The van der Waals surface area contributed by atoms with Gasteiger partial charge >= 0.3 is 0 Å². The van der Waals surface area contributed by atoms with Gasteiger partial charge < -0.3 is 10.6 Å². The molecule has 2 N–H and O–H groups in total. The average molecular weight is 387 g/mol. The molecule has 2 rings (SSSR count). The molecule has 1 aromatic rings. The first-order valence-electron chi connectivity index (χ1n) is 7.29. The Hall–Kier alpha value is -0.780. The van der Waals surface area contributed by atoms with Crippen molar-refractivity contribution in [3.63, 3.8) is 0 Å². The predicted molar refractivity (Wildman–Crippen MR) is 97.0 cm³/mol. The van der Waals surface area contributed by atoms with Gasteiger partial charge in [-0.1, -0.05) is 36.8 Å². The Kier molecular flexibility index (Phi) is 7.34. The Labute approximate surface area is 139 Å². The monoisotopic (exact) mass is 387 g/mol. The molecule has 1 aliphatic rings. The SMILES string of the molecule is CCNC(=NCCc1ccc(C)cc1)NC1CC1C.I. The van der Waals surface area contributed by atoms with Crippen LogP contribution in [0.3, 0.4) is 0 Å². The summed E-state index contributed by atoms with van der Waals surface area (Å²) in [6, 6.07) is 9.32. The molecule has 0 saturated heterocycles. The maximum absolute atomic E-state index is 4.64. The third-order valence-electron chi connectivity index (χ3n) is 3.57. The fourth-order valence-corrected chi connectivity index (χ4v) is 2.07. The number of guanidine groups is 1. The lowest BCUT2D eigenvalue weighted by molar-refractivity contribution is 0.765. The summed E-state index contributed by atoms with van der Waals surface area (Å²) >= 11 is 0. The van der Waals surface area contributed by atoms with Crippen molar-refractivity contribution < 1.29 is 0 Å². The van der Waals surface area contributed by atoms with Crippen molar-refractivity contribution in [1.29, 1.82) is 0 Å². The Morgan fingerprint density at radius 2 is 1.95 bits per heavy atom. The maximum atomic E-state index is 4.64. The Morgan fingerprint density at radius 1 is 1.30 bits per heavy atom. The van der Waals surface area contributed by atoms with Crippen LogP contribution in [0, 0.1) is 12.8 Å². The highest BCUT2D eigenvalue weighted by Gasteiger charge is 2.33. The summed E-state index contributed by atoms with van der Waals surface area (Å²) in [5, 5.41) is 6.78. The van der Waals surface area contributed by atoms with E-state index < -0.39 is 0 Å². The van der Waals surface area contributed by atoms with Crippen molar-refractivity contribution in [2.45, 2.75) is 39.7 Å². The van der Waals surface area contributed by atoms with Gasteiger partial charge in [0, 0.05) is 19.1 Å². The predicted octanol–water partition coefficient (Wildman–Crippen LogP) is 3.12. The molecule has 0 aliphatic heterocycles. The quantitative estimate of drug-likeness (QED) is 0.463. The molecule has 0 bridgehead atoms. The van der Waals surface area contributed by atoms with Gasteiger partial charge in [0.15, 0.2) is 5.96 Å². The Balaban J connectivity index is 0.00000200. The fourth-order valence-electron chi connectivity index (χ4n) is 2.07. The van der Waals surface area contributed by atoms with Gasteiger partial charge in [0.2, 0.25) is 0 Å². The zero-order chi connectivity index (χ0) is 13.7. The van der Waals surface area contributed by atoms with Crippen LogP contribution in [-0.2, 0) is 6.42 Å². The first kappa shape index (κ1) is 17.3. The Morgan fingerprint density at radius 3 is 2.50 bits per heavy atom. The maximum Gasteiger partial charge on any atom is 0.191 e. The summed E-state index contributed by atoms with van der Waals surface area (Å²) in [5.74, 6) is 1.75. The number of nitrogens with one attached hydrogen (secondary N) is 2. The van der Waals surface area contributed by atoms with E-state index in [0.29, 0.717) is 6.04 Å². The summed E-state index contributed by atoms with van der Waals surface area (Å²) < 4.78 is 0. The summed E-state index contributed by atoms with van der Waals surface area (Å²) in [4.78, 5) is 4.64. The van der Waals surface area contributed by atoms with Crippen molar-refractivity contribution in [2.24, 2.45) is 10.9 Å². The van der Waals surface area contributed by atoms with Crippen molar-refractivity contribution in [3.05, 3.63) is 35.4 Å². The number of hydrogen-bond acceptors (Lipinski definition) is 1. The largest absolute Gasteiger partial charge is 0.357 e. The van der Waals surface area contributed by atoms with Crippen LogP contribution in [0.1, 0.15) is 31.4 Å². The summed E-state index contributed by atoms with van der Waals surface area (Å²) in [7, 11) is 0. The molecule has 4 heteroatoms. The molecule has 0 aromatic heterocycles. The molecular formula is C16H26IN3. The number of aliphatic imine (C=N–C) groups is 1. The van der Waals surface area contributed by atoms with Gasteiger partial charge in [-0.3, -0.25) is 4.99 Å². The molecule has 2 atom stereocenters. The second-order valence-corrected chi connectivity index (χ2v) is 5.46. The lowest BCUT2D eigenvalue weighted by Crippen LogP contribution is -2.39. The van der Waals surface area contributed by atoms with Crippen molar-refractivity contribution in [2.75, 3.05) is 13.1 Å². The van der Waals surface area contributed by atoms with E-state index in [4.69, 9.17) is 0 Å². The molecule has 3 nitrogen and oxygen atoms in total. The molecule has 2 unspecified atom stereocenters.